The second-order valence-electron chi connectivity index (χ2n) is 3.30. The highest BCUT2D eigenvalue weighted by Crippen LogP contribution is 2.01. The van der Waals surface area contributed by atoms with Gasteiger partial charge in [-0.3, -0.25) is 0 Å². The van der Waals surface area contributed by atoms with Gasteiger partial charge in [-0.2, -0.15) is 0 Å². The van der Waals surface area contributed by atoms with Gasteiger partial charge in [-0.25, -0.2) is 16.8 Å². The number of sulfone groups is 2. The molecule has 0 aromatic heterocycles. The molecule has 0 fully saturated rings. The third kappa shape index (κ3) is 7.71. The van der Waals surface area contributed by atoms with E-state index in [2.05, 4.69) is 0 Å². The van der Waals surface area contributed by atoms with Crippen LogP contribution in [0.15, 0.2) is 0 Å². The Morgan fingerprint density at radius 1 is 1.20 bits per heavy atom. The van der Waals surface area contributed by atoms with E-state index in [4.69, 9.17) is 9.84 Å². The third-order valence-corrected chi connectivity index (χ3v) is 3.86. The lowest BCUT2D eigenvalue weighted by atomic mass is 10.5. The average Bonchev–Trinajstić information content (AvgIpc) is 1.99. The van der Waals surface area contributed by atoms with E-state index in [1.165, 1.54) is 0 Å². The lowest BCUT2D eigenvalue weighted by Crippen LogP contribution is -2.28. The van der Waals surface area contributed by atoms with Crippen molar-refractivity contribution in [3.05, 3.63) is 0 Å². The second-order valence-corrected chi connectivity index (χ2v) is 7.74. The molecule has 0 amide bonds. The summed E-state index contributed by atoms with van der Waals surface area (Å²) in [6.07, 6.45) is 2.25. The second kappa shape index (κ2) is 5.78. The van der Waals surface area contributed by atoms with Crippen LogP contribution in [0.25, 0.3) is 0 Å². The average molecular weight is 260 g/mol. The molecule has 0 rings (SSSR count). The summed E-state index contributed by atoms with van der Waals surface area (Å²) >= 11 is 0. The molecule has 0 aromatic rings. The molecule has 0 saturated heterocycles. The Morgan fingerprint density at radius 3 is 2.07 bits per heavy atom. The van der Waals surface area contributed by atoms with E-state index < -0.39 is 31.7 Å². The van der Waals surface area contributed by atoms with Gasteiger partial charge in [0.2, 0.25) is 0 Å². The zero-order valence-corrected chi connectivity index (χ0v) is 10.3. The van der Waals surface area contributed by atoms with Crippen LogP contribution < -0.4 is 0 Å². The van der Waals surface area contributed by atoms with Crippen LogP contribution in [-0.2, 0) is 24.4 Å². The van der Waals surface area contributed by atoms with Gasteiger partial charge >= 0.3 is 0 Å². The molecule has 6 nitrogen and oxygen atoms in total. The standard InChI is InChI=1S/C7H16O6S2/c1-14(9,10)5-3-4-13-7(6-8)15(2,11)12/h7-8H,3-6H2,1-2H3. The zero-order chi connectivity index (χ0) is 12.1. The first-order valence-electron chi connectivity index (χ1n) is 4.26. The minimum Gasteiger partial charge on any atom is -0.393 e. The van der Waals surface area contributed by atoms with Crippen LogP contribution in [0.3, 0.4) is 0 Å². The molecular formula is C7H16O6S2. The van der Waals surface area contributed by atoms with Crippen LogP contribution in [0.1, 0.15) is 6.42 Å². The first-order chi connectivity index (χ1) is 6.67. The molecule has 1 unspecified atom stereocenters. The Bertz CT molecular complexity index is 368. The molecule has 8 heteroatoms. The van der Waals surface area contributed by atoms with Crippen LogP contribution in [-0.4, -0.2) is 58.9 Å². The fraction of sp³-hybridized carbons (Fsp3) is 1.00. The van der Waals surface area contributed by atoms with Gasteiger partial charge in [-0.1, -0.05) is 0 Å². The van der Waals surface area contributed by atoms with E-state index in [9.17, 15) is 16.8 Å². The van der Waals surface area contributed by atoms with Gasteiger partial charge in [-0.15, -0.1) is 0 Å². The number of aliphatic hydroxyl groups is 1. The summed E-state index contributed by atoms with van der Waals surface area (Å²) in [5, 5.41) is 8.70. The smallest absolute Gasteiger partial charge is 0.181 e. The number of hydrogen-bond acceptors (Lipinski definition) is 6. The highest BCUT2D eigenvalue weighted by atomic mass is 32.2. The van der Waals surface area contributed by atoms with Gasteiger partial charge < -0.3 is 9.84 Å². The molecule has 15 heavy (non-hydrogen) atoms. The SMILES string of the molecule is CS(=O)(=O)CCCOC(CO)S(C)(=O)=O. The normalized spacial score (nSPS) is 15.1. The van der Waals surface area contributed by atoms with Gasteiger partial charge in [0, 0.05) is 19.1 Å². The summed E-state index contributed by atoms with van der Waals surface area (Å²) in [5.41, 5.74) is -1.27. The summed E-state index contributed by atoms with van der Waals surface area (Å²) in [6.45, 7) is -0.636. The Morgan fingerprint density at radius 2 is 1.73 bits per heavy atom. The number of aliphatic hydroxyl groups excluding tert-OH is 1. The van der Waals surface area contributed by atoms with E-state index in [0.717, 1.165) is 12.5 Å². The van der Waals surface area contributed by atoms with E-state index >= 15 is 0 Å². The molecule has 0 radical (unpaired) electrons. The number of rotatable bonds is 7. The van der Waals surface area contributed by atoms with Crippen molar-refractivity contribution in [2.24, 2.45) is 0 Å². The Kier molecular flexibility index (Phi) is 5.71. The minimum atomic E-state index is -3.45. The molecule has 0 aliphatic rings. The molecule has 1 atom stereocenters. The van der Waals surface area contributed by atoms with Crippen molar-refractivity contribution in [1.29, 1.82) is 0 Å². The van der Waals surface area contributed by atoms with Crippen molar-refractivity contribution >= 4 is 19.7 Å². The Balaban J connectivity index is 3.95. The lowest BCUT2D eigenvalue weighted by Gasteiger charge is -2.12. The maximum Gasteiger partial charge on any atom is 0.181 e. The molecule has 0 heterocycles. The van der Waals surface area contributed by atoms with Crippen LogP contribution in [0.5, 0.6) is 0 Å². The highest BCUT2D eigenvalue weighted by molar-refractivity contribution is 7.91. The zero-order valence-electron chi connectivity index (χ0n) is 8.71. The molecule has 0 spiro atoms. The maximum absolute atomic E-state index is 11.0. The van der Waals surface area contributed by atoms with E-state index in [1.54, 1.807) is 0 Å². The molecule has 92 valence electrons. The van der Waals surface area contributed by atoms with Crippen molar-refractivity contribution < 1.29 is 26.7 Å². The molecule has 0 aliphatic heterocycles. The van der Waals surface area contributed by atoms with Crippen LogP contribution in [0, 0.1) is 0 Å². The van der Waals surface area contributed by atoms with Gasteiger partial charge in [0.05, 0.1) is 12.4 Å². The van der Waals surface area contributed by atoms with E-state index in [1.807, 2.05) is 0 Å². The van der Waals surface area contributed by atoms with Gasteiger partial charge in [-0.05, 0) is 6.42 Å². The Labute approximate surface area is 90.1 Å². The summed E-state index contributed by atoms with van der Waals surface area (Å²) in [7, 11) is -6.51. The third-order valence-electron chi connectivity index (χ3n) is 1.59. The molecule has 0 saturated carbocycles. The van der Waals surface area contributed by atoms with Gasteiger partial charge in [0.25, 0.3) is 0 Å². The van der Waals surface area contributed by atoms with Crippen molar-refractivity contribution in [1.82, 2.24) is 0 Å². The highest BCUT2D eigenvalue weighted by Gasteiger charge is 2.19. The summed E-state index contributed by atoms with van der Waals surface area (Å²) in [6, 6.07) is 0. The van der Waals surface area contributed by atoms with Crippen molar-refractivity contribution in [3.63, 3.8) is 0 Å². The Hall–Kier alpha value is -0.180. The van der Waals surface area contributed by atoms with E-state index in [-0.39, 0.29) is 18.8 Å². The summed E-state index contributed by atoms with van der Waals surface area (Å²) in [5.74, 6) is -0.0606. The molecule has 0 aliphatic carbocycles. The number of hydrogen-bond donors (Lipinski definition) is 1. The van der Waals surface area contributed by atoms with E-state index in [0.29, 0.717) is 0 Å². The maximum atomic E-state index is 11.0. The van der Waals surface area contributed by atoms with Crippen LogP contribution in [0.4, 0.5) is 0 Å². The predicted molar refractivity (Wildman–Crippen MR) is 56.0 cm³/mol. The van der Waals surface area contributed by atoms with Crippen LogP contribution >= 0.6 is 0 Å². The minimum absolute atomic E-state index is 0.00856. The first-order valence-corrected chi connectivity index (χ1v) is 8.27. The van der Waals surface area contributed by atoms with Crippen molar-refractivity contribution in [2.45, 2.75) is 11.9 Å². The van der Waals surface area contributed by atoms with Crippen molar-refractivity contribution in [2.75, 3.05) is 31.5 Å². The number of ether oxygens (including phenoxy) is 1. The monoisotopic (exact) mass is 260 g/mol. The molecule has 0 aromatic carbocycles. The molecule has 1 N–H and O–H groups in total. The lowest BCUT2D eigenvalue weighted by molar-refractivity contribution is 0.0633. The molecule has 0 bridgehead atoms. The van der Waals surface area contributed by atoms with Crippen LogP contribution in [0.2, 0.25) is 0 Å². The summed E-state index contributed by atoms with van der Waals surface area (Å²) < 4.78 is 48.2. The van der Waals surface area contributed by atoms with Gasteiger partial charge in [0.15, 0.2) is 15.3 Å². The first kappa shape index (κ1) is 14.8. The quantitative estimate of drug-likeness (QED) is 0.577. The topological polar surface area (TPSA) is 97.7 Å². The predicted octanol–water partition coefficient (Wildman–Crippen LogP) is -1.20. The van der Waals surface area contributed by atoms with Gasteiger partial charge in [0.1, 0.15) is 9.84 Å². The fourth-order valence-electron chi connectivity index (χ4n) is 0.848. The summed E-state index contributed by atoms with van der Waals surface area (Å²) in [4.78, 5) is 0. The van der Waals surface area contributed by atoms with Crippen molar-refractivity contribution in [3.8, 4) is 0 Å². The largest absolute Gasteiger partial charge is 0.393 e. The fourth-order valence-corrected chi connectivity index (χ4v) is 2.10. The molecular weight excluding hydrogens is 244 g/mol.